The van der Waals surface area contributed by atoms with Crippen LogP contribution >= 0.6 is 11.8 Å². The SMILES string of the molecule is [C-]#[N+]c1ccc(Sc2ccc(OC)cc2)cc1. The zero-order chi connectivity index (χ0) is 12.1. The summed E-state index contributed by atoms with van der Waals surface area (Å²) in [7, 11) is 1.66. The Morgan fingerprint density at radius 3 is 1.94 bits per heavy atom. The van der Waals surface area contributed by atoms with Crippen molar-refractivity contribution in [2.24, 2.45) is 0 Å². The molecular formula is C14H11NOS. The maximum absolute atomic E-state index is 6.88. The van der Waals surface area contributed by atoms with E-state index in [0.717, 1.165) is 15.5 Å². The molecule has 0 amide bonds. The van der Waals surface area contributed by atoms with Crippen molar-refractivity contribution in [3.05, 3.63) is 59.9 Å². The number of hydrogen-bond donors (Lipinski definition) is 0. The monoisotopic (exact) mass is 241 g/mol. The topological polar surface area (TPSA) is 13.6 Å². The van der Waals surface area contributed by atoms with E-state index in [0.29, 0.717) is 5.69 Å². The molecule has 0 radical (unpaired) electrons. The van der Waals surface area contributed by atoms with Gasteiger partial charge in [0.15, 0.2) is 5.69 Å². The smallest absolute Gasteiger partial charge is 0.187 e. The van der Waals surface area contributed by atoms with Crippen molar-refractivity contribution >= 4 is 17.4 Å². The van der Waals surface area contributed by atoms with Gasteiger partial charge in [-0.1, -0.05) is 36.0 Å². The molecule has 2 nitrogen and oxygen atoms in total. The number of methoxy groups -OCH3 is 1. The van der Waals surface area contributed by atoms with Crippen LogP contribution in [-0.2, 0) is 0 Å². The average Bonchev–Trinajstić information content (AvgIpc) is 2.40. The van der Waals surface area contributed by atoms with E-state index < -0.39 is 0 Å². The van der Waals surface area contributed by atoms with Gasteiger partial charge in [-0.05, 0) is 24.3 Å². The van der Waals surface area contributed by atoms with Gasteiger partial charge in [0.1, 0.15) is 5.75 Å². The van der Waals surface area contributed by atoms with Gasteiger partial charge in [0, 0.05) is 9.79 Å². The van der Waals surface area contributed by atoms with Crippen LogP contribution in [0.1, 0.15) is 0 Å². The van der Waals surface area contributed by atoms with Crippen molar-refractivity contribution in [3.63, 3.8) is 0 Å². The van der Waals surface area contributed by atoms with Crippen molar-refractivity contribution in [1.29, 1.82) is 0 Å². The lowest BCUT2D eigenvalue weighted by molar-refractivity contribution is 0.414. The summed E-state index contributed by atoms with van der Waals surface area (Å²) in [5.74, 6) is 0.859. The lowest BCUT2D eigenvalue weighted by Crippen LogP contribution is -1.81. The van der Waals surface area contributed by atoms with Gasteiger partial charge in [0.2, 0.25) is 0 Å². The molecule has 0 unspecified atom stereocenters. The Balaban J connectivity index is 2.11. The largest absolute Gasteiger partial charge is 0.497 e. The zero-order valence-electron chi connectivity index (χ0n) is 9.38. The molecule has 84 valence electrons. The van der Waals surface area contributed by atoms with Gasteiger partial charge < -0.3 is 4.74 Å². The third-order valence-corrected chi connectivity index (χ3v) is 3.28. The second-order valence-electron chi connectivity index (χ2n) is 3.38. The molecule has 0 aliphatic rings. The van der Waals surface area contributed by atoms with Crippen LogP contribution in [0.3, 0.4) is 0 Å². The number of rotatable bonds is 3. The van der Waals surface area contributed by atoms with Crippen LogP contribution in [-0.4, -0.2) is 7.11 Å². The van der Waals surface area contributed by atoms with Gasteiger partial charge in [-0.2, -0.15) is 0 Å². The fourth-order valence-electron chi connectivity index (χ4n) is 1.37. The minimum Gasteiger partial charge on any atom is -0.497 e. The maximum atomic E-state index is 6.88. The minimum absolute atomic E-state index is 0.670. The first kappa shape index (κ1) is 11.6. The predicted molar refractivity (Wildman–Crippen MR) is 69.8 cm³/mol. The van der Waals surface area contributed by atoms with Gasteiger partial charge in [0.05, 0.1) is 13.7 Å². The lowest BCUT2D eigenvalue weighted by atomic mass is 10.3. The molecule has 2 aromatic rings. The molecule has 0 N–H and O–H groups in total. The average molecular weight is 241 g/mol. The van der Waals surface area contributed by atoms with Crippen molar-refractivity contribution in [2.75, 3.05) is 7.11 Å². The van der Waals surface area contributed by atoms with E-state index in [4.69, 9.17) is 11.3 Å². The van der Waals surface area contributed by atoms with Crippen molar-refractivity contribution < 1.29 is 4.74 Å². The zero-order valence-corrected chi connectivity index (χ0v) is 10.2. The first-order valence-corrected chi connectivity index (χ1v) is 5.93. The van der Waals surface area contributed by atoms with Gasteiger partial charge in [-0.25, -0.2) is 4.85 Å². The summed E-state index contributed by atoms with van der Waals surface area (Å²) in [6, 6.07) is 15.5. The molecule has 0 fully saturated rings. The molecule has 0 bridgehead atoms. The highest BCUT2D eigenvalue weighted by Gasteiger charge is 1.98. The Morgan fingerprint density at radius 2 is 1.47 bits per heavy atom. The minimum atomic E-state index is 0.670. The van der Waals surface area contributed by atoms with E-state index in [-0.39, 0.29) is 0 Å². The van der Waals surface area contributed by atoms with Crippen molar-refractivity contribution in [3.8, 4) is 5.75 Å². The first-order valence-electron chi connectivity index (χ1n) is 5.11. The maximum Gasteiger partial charge on any atom is 0.187 e. The quantitative estimate of drug-likeness (QED) is 0.739. The summed E-state index contributed by atoms with van der Waals surface area (Å²) >= 11 is 1.67. The van der Waals surface area contributed by atoms with Crippen molar-refractivity contribution in [1.82, 2.24) is 0 Å². The molecule has 0 aromatic heterocycles. The first-order chi connectivity index (χ1) is 8.31. The van der Waals surface area contributed by atoms with Gasteiger partial charge in [-0.3, -0.25) is 0 Å². The lowest BCUT2D eigenvalue weighted by Gasteiger charge is -2.03. The molecular weight excluding hydrogens is 230 g/mol. The Labute approximate surface area is 105 Å². The molecule has 3 heteroatoms. The van der Waals surface area contributed by atoms with E-state index in [1.807, 2.05) is 48.5 Å². The van der Waals surface area contributed by atoms with Crippen LogP contribution in [0.25, 0.3) is 4.85 Å². The normalized spacial score (nSPS) is 9.65. The Hall–Kier alpha value is -1.92. The van der Waals surface area contributed by atoms with Crippen LogP contribution in [0.4, 0.5) is 5.69 Å². The van der Waals surface area contributed by atoms with E-state index in [1.54, 1.807) is 18.9 Å². The summed E-state index contributed by atoms with van der Waals surface area (Å²) in [5.41, 5.74) is 0.670. The molecule has 17 heavy (non-hydrogen) atoms. The second kappa shape index (κ2) is 5.42. The Morgan fingerprint density at radius 1 is 0.941 bits per heavy atom. The molecule has 0 aliphatic heterocycles. The summed E-state index contributed by atoms with van der Waals surface area (Å²) in [5, 5.41) is 0. The van der Waals surface area contributed by atoms with Crippen molar-refractivity contribution in [2.45, 2.75) is 9.79 Å². The molecule has 0 saturated heterocycles. The predicted octanol–water partition coefficient (Wildman–Crippen LogP) is 4.40. The van der Waals surface area contributed by atoms with Gasteiger partial charge in [-0.15, -0.1) is 0 Å². The molecule has 0 spiro atoms. The number of benzene rings is 2. The highest BCUT2D eigenvalue weighted by molar-refractivity contribution is 7.99. The second-order valence-corrected chi connectivity index (χ2v) is 4.53. The van der Waals surface area contributed by atoms with Crippen LogP contribution in [0.15, 0.2) is 58.3 Å². The molecule has 0 aliphatic carbocycles. The van der Waals surface area contributed by atoms with Crippen LogP contribution < -0.4 is 4.74 Å². The van der Waals surface area contributed by atoms with E-state index >= 15 is 0 Å². The highest BCUT2D eigenvalue weighted by Crippen LogP contribution is 2.30. The van der Waals surface area contributed by atoms with E-state index in [2.05, 4.69) is 4.85 Å². The molecule has 2 aromatic carbocycles. The Bertz CT molecular complexity index is 526. The summed E-state index contributed by atoms with van der Waals surface area (Å²) in [4.78, 5) is 5.65. The number of nitrogens with zero attached hydrogens (tertiary/aromatic N) is 1. The third kappa shape index (κ3) is 3.02. The number of hydrogen-bond acceptors (Lipinski definition) is 2. The van der Waals surface area contributed by atoms with Gasteiger partial charge >= 0.3 is 0 Å². The summed E-state index contributed by atoms with van der Waals surface area (Å²) in [6.07, 6.45) is 0. The standard InChI is InChI=1S/C14H11NOS/c1-15-11-3-7-13(8-4-11)17-14-9-5-12(16-2)6-10-14/h3-10H,2H3. The van der Waals surface area contributed by atoms with Crippen LogP contribution in [0.2, 0.25) is 0 Å². The highest BCUT2D eigenvalue weighted by atomic mass is 32.2. The van der Waals surface area contributed by atoms with E-state index in [9.17, 15) is 0 Å². The number of ether oxygens (including phenoxy) is 1. The Kier molecular flexibility index (Phi) is 3.69. The summed E-state index contributed by atoms with van der Waals surface area (Å²) < 4.78 is 5.11. The molecule has 0 heterocycles. The molecule has 0 atom stereocenters. The van der Waals surface area contributed by atoms with Crippen LogP contribution in [0, 0.1) is 6.57 Å². The molecule has 0 saturated carbocycles. The van der Waals surface area contributed by atoms with Gasteiger partial charge in [0.25, 0.3) is 0 Å². The van der Waals surface area contributed by atoms with Crippen LogP contribution in [0.5, 0.6) is 5.75 Å². The summed E-state index contributed by atoms with van der Waals surface area (Å²) in [6.45, 7) is 6.88. The molecule has 2 rings (SSSR count). The fourth-order valence-corrected chi connectivity index (χ4v) is 2.19. The third-order valence-electron chi connectivity index (χ3n) is 2.26. The van der Waals surface area contributed by atoms with E-state index in [1.165, 1.54) is 0 Å². The fraction of sp³-hybridized carbons (Fsp3) is 0.0714.